The number of carbonyl (C=O) groups is 1. The molecule has 0 aliphatic rings. The molecule has 0 aliphatic carbocycles. The van der Waals surface area contributed by atoms with Crippen LogP contribution in [0.5, 0.6) is 11.5 Å². The van der Waals surface area contributed by atoms with E-state index in [2.05, 4.69) is 15.3 Å². The van der Waals surface area contributed by atoms with E-state index in [0.29, 0.717) is 34.2 Å². The first-order chi connectivity index (χ1) is 14.0. The lowest BCUT2D eigenvalue weighted by atomic mass is 10.1. The standard InChI is InChI=1S/C20H27ClN4O3S/c1-5-9-22-19(26)13-29-20-23-17(21)12-18(24-20)25(2)10-8-14-6-7-15(27-3)16(11-14)28-4/h6-7,11-12H,5,8-10,13H2,1-4H3,(H,22,26). The van der Waals surface area contributed by atoms with Crippen molar-refractivity contribution in [2.75, 3.05) is 45.0 Å². The van der Waals surface area contributed by atoms with Crippen molar-refractivity contribution in [3.8, 4) is 11.5 Å². The molecule has 0 spiro atoms. The summed E-state index contributed by atoms with van der Waals surface area (Å²) in [5, 5.41) is 3.67. The topological polar surface area (TPSA) is 76.6 Å². The van der Waals surface area contributed by atoms with Crippen molar-refractivity contribution in [3.63, 3.8) is 0 Å². The van der Waals surface area contributed by atoms with Crippen molar-refractivity contribution in [1.82, 2.24) is 15.3 Å². The first-order valence-corrected chi connectivity index (χ1v) is 10.7. The monoisotopic (exact) mass is 438 g/mol. The van der Waals surface area contributed by atoms with E-state index in [1.54, 1.807) is 20.3 Å². The summed E-state index contributed by atoms with van der Waals surface area (Å²) in [6.45, 7) is 3.40. The van der Waals surface area contributed by atoms with Gasteiger partial charge < -0.3 is 19.7 Å². The summed E-state index contributed by atoms with van der Waals surface area (Å²) < 4.78 is 10.6. The van der Waals surface area contributed by atoms with E-state index >= 15 is 0 Å². The number of nitrogens with one attached hydrogen (secondary N) is 1. The molecule has 0 aliphatic heterocycles. The zero-order valence-corrected chi connectivity index (χ0v) is 18.8. The summed E-state index contributed by atoms with van der Waals surface area (Å²) in [6.07, 6.45) is 1.69. The van der Waals surface area contributed by atoms with Crippen LogP contribution >= 0.6 is 23.4 Å². The van der Waals surface area contributed by atoms with Crippen molar-refractivity contribution in [3.05, 3.63) is 35.0 Å². The number of rotatable bonds is 11. The maximum Gasteiger partial charge on any atom is 0.230 e. The molecule has 1 amide bonds. The van der Waals surface area contributed by atoms with Gasteiger partial charge in [0.2, 0.25) is 5.91 Å². The number of ether oxygens (including phenoxy) is 2. The molecule has 1 heterocycles. The van der Waals surface area contributed by atoms with Crippen molar-refractivity contribution < 1.29 is 14.3 Å². The lowest BCUT2D eigenvalue weighted by Crippen LogP contribution is -2.26. The van der Waals surface area contributed by atoms with Gasteiger partial charge in [-0.25, -0.2) is 9.97 Å². The average molecular weight is 439 g/mol. The maximum atomic E-state index is 11.8. The van der Waals surface area contributed by atoms with Crippen LogP contribution in [0, 0.1) is 0 Å². The van der Waals surface area contributed by atoms with Crippen molar-refractivity contribution in [2.45, 2.75) is 24.9 Å². The molecule has 1 aromatic carbocycles. The predicted molar refractivity (Wildman–Crippen MR) is 118 cm³/mol. The summed E-state index contributed by atoms with van der Waals surface area (Å²) in [4.78, 5) is 22.5. The second-order valence-corrected chi connectivity index (χ2v) is 7.66. The van der Waals surface area contributed by atoms with E-state index in [9.17, 15) is 4.79 Å². The number of methoxy groups -OCH3 is 2. The number of halogens is 1. The molecule has 9 heteroatoms. The van der Waals surface area contributed by atoms with Gasteiger partial charge in [-0.05, 0) is 30.5 Å². The molecule has 0 saturated heterocycles. The van der Waals surface area contributed by atoms with Crippen molar-refractivity contribution in [2.24, 2.45) is 0 Å². The minimum atomic E-state index is -0.0382. The third-order valence-corrected chi connectivity index (χ3v) is 5.18. The second-order valence-electron chi connectivity index (χ2n) is 6.33. The third-order valence-electron chi connectivity index (χ3n) is 4.14. The van der Waals surface area contributed by atoms with Gasteiger partial charge in [0.15, 0.2) is 16.7 Å². The Hall–Kier alpha value is -2.19. The smallest absolute Gasteiger partial charge is 0.230 e. The van der Waals surface area contributed by atoms with Gasteiger partial charge in [-0.15, -0.1) is 0 Å². The number of hydrogen-bond donors (Lipinski definition) is 1. The third kappa shape index (κ3) is 7.29. The molecule has 0 fully saturated rings. The summed E-state index contributed by atoms with van der Waals surface area (Å²) in [6, 6.07) is 7.60. The highest BCUT2D eigenvalue weighted by Gasteiger charge is 2.11. The number of aromatic nitrogens is 2. The molecule has 29 heavy (non-hydrogen) atoms. The lowest BCUT2D eigenvalue weighted by Gasteiger charge is -2.19. The molecule has 0 atom stereocenters. The first kappa shape index (κ1) is 23.1. The molecule has 0 bridgehead atoms. The Kier molecular flexibility index (Phi) is 9.34. The maximum absolute atomic E-state index is 11.8. The number of hydrogen-bond acceptors (Lipinski definition) is 7. The van der Waals surface area contributed by atoms with Gasteiger partial charge in [0, 0.05) is 26.2 Å². The molecule has 0 saturated carbocycles. The van der Waals surface area contributed by atoms with E-state index in [1.807, 2.05) is 37.1 Å². The van der Waals surface area contributed by atoms with Crippen LogP contribution in [0.2, 0.25) is 5.15 Å². The summed E-state index contributed by atoms with van der Waals surface area (Å²) >= 11 is 7.43. The Labute approximate surface area is 181 Å². The van der Waals surface area contributed by atoms with Crippen molar-refractivity contribution >= 4 is 35.1 Å². The van der Waals surface area contributed by atoms with Crippen LogP contribution in [0.4, 0.5) is 5.82 Å². The number of benzene rings is 1. The molecule has 158 valence electrons. The zero-order valence-electron chi connectivity index (χ0n) is 17.2. The van der Waals surface area contributed by atoms with E-state index in [-0.39, 0.29) is 11.7 Å². The summed E-state index contributed by atoms with van der Waals surface area (Å²) in [7, 11) is 5.19. The molecule has 2 rings (SSSR count). The Morgan fingerprint density at radius 2 is 1.97 bits per heavy atom. The highest BCUT2D eigenvalue weighted by Crippen LogP contribution is 2.28. The molecule has 1 N–H and O–H groups in total. The van der Waals surface area contributed by atoms with Gasteiger partial charge in [-0.1, -0.05) is 36.4 Å². The largest absolute Gasteiger partial charge is 0.493 e. The Morgan fingerprint density at radius 3 is 2.66 bits per heavy atom. The van der Waals surface area contributed by atoms with Gasteiger partial charge in [-0.2, -0.15) is 0 Å². The van der Waals surface area contributed by atoms with Crippen LogP contribution in [0.1, 0.15) is 18.9 Å². The van der Waals surface area contributed by atoms with Gasteiger partial charge in [-0.3, -0.25) is 4.79 Å². The number of carbonyl (C=O) groups excluding carboxylic acids is 1. The van der Waals surface area contributed by atoms with E-state index < -0.39 is 0 Å². The minimum absolute atomic E-state index is 0.0382. The molecule has 1 aromatic heterocycles. The van der Waals surface area contributed by atoms with E-state index in [1.165, 1.54) is 11.8 Å². The number of amides is 1. The normalized spacial score (nSPS) is 10.5. The zero-order chi connectivity index (χ0) is 21.2. The quantitative estimate of drug-likeness (QED) is 0.327. The fraction of sp³-hybridized carbons (Fsp3) is 0.450. The molecule has 0 radical (unpaired) electrons. The summed E-state index contributed by atoms with van der Waals surface area (Å²) in [5.74, 6) is 2.34. The Bertz CT molecular complexity index is 822. The number of likely N-dealkylation sites (N-methyl/N-ethyl adjacent to an activating group) is 1. The summed E-state index contributed by atoms with van der Waals surface area (Å²) in [5.41, 5.74) is 1.12. The second kappa shape index (κ2) is 11.7. The first-order valence-electron chi connectivity index (χ1n) is 9.33. The molecular weight excluding hydrogens is 412 g/mol. The van der Waals surface area contributed by atoms with Gasteiger partial charge in [0.1, 0.15) is 11.0 Å². The van der Waals surface area contributed by atoms with E-state index in [4.69, 9.17) is 21.1 Å². The minimum Gasteiger partial charge on any atom is -0.493 e. The highest BCUT2D eigenvalue weighted by atomic mass is 35.5. The predicted octanol–water partition coefficient (Wildman–Crippen LogP) is 3.44. The molecule has 2 aromatic rings. The lowest BCUT2D eigenvalue weighted by molar-refractivity contribution is -0.118. The molecular formula is C20H27ClN4O3S. The van der Waals surface area contributed by atoms with Crippen LogP contribution in [-0.4, -0.2) is 56.0 Å². The molecule has 7 nitrogen and oxygen atoms in total. The fourth-order valence-electron chi connectivity index (χ4n) is 2.54. The fourth-order valence-corrected chi connectivity index (χ4v) is 3.45. The Morgan fingerprint density at radius 1 is 1.21 bits per heavy atom. The van der Waals surface area contributed by atoms with Crippen LogP contribution in [0.15, 0.2) is 29.4 Å². The molecule has 0 unspecified atom stereocenters. The van der Waals surface area contributed by atoms with Gasteiger partial charge in [0.25, 0.3) is 0 Å². The van der Waals surface area contributed by atoms with Crippen LogP contribution in [-0.2, 0) is 11.2 Å². The van der Waals surface area contributed by atoms with Crippen LogP contribution in [0.25, 0.3) is 0 Å². The number of thioether (sulfide) groups is 1. The van der Waals surface area contributed by atoms with Crippen LogP contribution in [0.3, 0.4) is 0 Å². The Balaban J connectivity index is 1.99. The van der Waals surface area contributed by atoms with Crippen molar-refractivity contribution in [1.29, 1.82) is 0 Å². The average Bonchev–Trinajstić information content (AvgIpc) is 2.73. The number of nitrogens with zero attached hydrogens (tertiary/aromatic N) is 3. The van der Waals surface area contributed by atoms with E-state index in [0.717, 1.165) is 24.9 Å². The highest BCUT2D eigenvalue weighted by molar-refractivity contribution is 7.99. The van der Waals surface area contributed by atoms with Gasteiger partial charge >= 0.3 is 0 Å². The van der Waals surface area contributed by atoms with Crippen LogP contribution < -0.4 is 19.7 Å². The van der Waals surface area contributed by atoms with Gasteiger partial charge in [0.05, 0.1) is 20.0 Å². The number of anilines is 1. The SMILES string of the molecule is CCCNC(=O)CSc1nc(Cl)cc(N(C)CCc2ccc(OC)c(OC)c2)n1.